The minimum absolute atomic E-state index is 0.0976. The maximum Gasteiger partial charge on any atom is 0.248 e. The van der Waals surface area contributed by atoms with E-state index in [1.807, 2.05) is 23.1 Å². The molecule has 3 saturated heterocycles. The van der Waals surface area contributed by atoms with E-state index < -0.39 is 6.61 Å². The summed E-state index contributed by atoms with van der Waals surface area (Å²) < 4.78 is 5.36. The molecule has 146 valence electrons. The number of aliphatic hydroxyl groups is 1. The lowest BCUT2D eigenvalue weighted by molar-refractivity contribution is -0.157. The van der Waals surface area contributed by atoms with E-state index in [0.717, 1.165) is 37.0 Å². The molecule has 6 nitrogen and oxygen atoms in total. The molecule has 27 heavy (non-hydrogen) atoms. The summed E-state index contributed by atoms with van der Waals surface area (Å²) in [6.45, 7) is 0.852. The molecular weight excluding hydrogens is 344 g/mol. The minimum Gasteiger partial charge on any atom is -0.497 e. The number of nitrogens with zero attached hydrogens (tertiary/aromatic N) is 2. The summed E-state index contributed by atoms with van der Waals surface area (Å²) in [6.07, 6.45) is 4.40. The van der Waals surface area contributed by atoms with Crippen LogP contribution in [0.25, 0.3) is 0 Å². The number of methoxy groups -OCH3 is 1. The second kappa shape index (κ2) is 7.50. The largest absolute Gasteiger partial charge is 0.497 e. The van der Waals surface area contributed by atoms with Gasteiger partial charge in [-0.05, 0) is 55.2 Å². The maximum absolute atomic E-state index is 12.8. The monoisotopic (exact) mass is 372 g/mol. The fourth-order valence-electron chi connectivity index (χ4n) is 5.38. The third kappa shape index (κ3) is 3.43. The number of ether oxygens (including phenoxy) is 1. The molecule has 2 amide bonds. The lowest BCUT2D eigenvalue weighted by Crippen LogP contribution is -2.66. The molecule has 0 aromatic heterocycles. The molecule has 4 rings (SSSR count). The van der Waals surface area contributed by atoms with Gasteiger partial charge in [-0.25, -0.2) is 0 Å². The molecule has 3 aliphatic heterocycles. The smallest absolute Gasteiger partial charge is 0.248 e. The van der Waals surface area contributed by atoms with Gasteiger partial charge in [-0.2, -0.15) is 0 Å². The third-order valence-corrected chi connectivity index (χ3v) is 6.56. The first-order chi connectivity index (χ1) is 13.1. The molecule has 2 bridgehead atoms. The van der Waals surface area contributed by atoms with E-state index in [-0.39, 0.29) is 29.8 Å². The van der Waals surface area contributed by atoms with Gasteiger partial charge in [0.1, 0.15) is 12.4 Å². The molecule has 0 aliphatic carbocycles. The van der Waals surface area contributed by atoms with Gasteiger partial charge in [-0.1, -0.05) is 12.1 Å². The first-order valence-electron chi connectivity index (χ1n) is 9.93. The zero-order valence-corrected chi connectivity index (χ0v) is 15.8. The molecule has 0 saturated carbocycles. The Morgan fingerprint density at radius 1 is 1.30 bits per heavy atom. The van der Waals surface area contributed by atoms with E-state index >= 15 is 0 Å². The van der Waals surface area contributed by atoms with Gasteiger partial charge in [0.05, 0.1) is 7.11 Å². The van der Waals surface area contributed by atoms with Crippen LogP contribution in [0.3, 0.4) is 0 Å². The van der Waals surface area contributed by atoms with Gasteiger partial charge < -0.3 is 19.6 Å². The molecule has 1 aromatic carbocycles. The van der Waals surface area contributed by atoms with Crippen molar-refractivity contribution in [3.8, 4) is 5.75 Å². The lowest BCUT2D eigenvalue weighted by atomic mass is 9.70. The summed E-state index contributed by atoms with van der Waals surface area (Å²) in [5.41, 5.74) is 1.15. The number of amides is 2. The second-order valence-electron chi connectivity index (χ2n) is 8.10. The molecule has 1 N–H and O–H groups in total. The number of carbonyl (C=O) groups excluding carboxylic acids is 2. The molecule has 3 fully saturated rings. The van der Waals surface area contributed by atoms with Gasteiger partial charge in [0, 0.05) is 31.6 Å². The lowest BCUT2D eigenvalue weighted by Gasteiger charge is -2.56. The molecule has 3 heterocycles. The Hall–Kier alpha value is -2.08. The van der Waals surface area contributed by atoms with Crippen LogP contribution >= 0.6 is 0 Å². The Balaban J connectivity index is 1.63. The Kier molecular flexibility index (Phi) is 5.08. The topological polar surface area (TPSA) is 70.1 Å². The van der Waals surface area contributed by atoms with Crippen molar-refractivity contribution in [2.45, 2.75) is 44.2 Å². The van der Waals surface area contributed by atoms with Crippen LogP contribution in [0.5, 0.6) is 5.75 Å². The van der Waals surface area contributed by atoms with Gasteiger partial charge in [-0.15, -0.1) is 0 Å². The standard InChI is InChI=1S/C21H28N2O4/c1-27-17-5-2-4-14(8-17)9-19-16-10-15(11-22(12-16)21(26)13-24)18-6-3-7-20(25)23(18)19/h2,4-5,8,15-16,18-19,24H,3,6-7,9-13H2,1H3/t15-,16+,18+,19+/m1/s1. The average Bonchev–Trinajstić information content (AvgIpc) is 2.70. The SMILES string of the molecule is COc1cccc(C[C@H]2[C@H]3C[C@H](CN(C(=O)CO)C3)[C@@H]3CCCC(=O)N32)c1. The minimum atomic E-state index is -0.437. The molecular formula is C21H28N2O4. The maximum atomic E-state index is 12.8. The summed E-state index contributed by atoms with van der Waals surface area (Å²) in [6, 6.07) is 8.34. The van der Waals surface area contributed by atoms with Crippen LogP contribution < -0.4 is 4.74 Å². The highest BCUT2D eigenvalue weighted by Crippen LogP contribution is 2.42. The van der Waals surface area contributed by atoms with Crippen molar-refractivity contribution in [3.63, 3.8) is 0 Å². The van der Waals surface area contributed by atoms with Crippen LogP contribution in [0.1, 0.15) is 31.2 Å². The molecule has 0 unspecified atom stereocenters. The molecule has 6 heteroatoms. The fraction of sp³-hybridized carbons (Fsp3) is 0.619. The molecule has 4 atom stereocenters. The number of piperidine rings is 3. The first kappa shape index (κ1) is 18.3. The number of hydrogen-bond acceptors (Lipinski definition) is 4. The number of fused-ring (bicyclic) bond motifs is 4. The fourth-order valence-corrected chi connectivity index (χ4v) is 5.38. The highest BCUT2D eigenvalue weighted by molar-refractivity contribution is 5.79. The number of rotatable bonds is 4. The van der Waals surface area contributed by atoms with Crippen molar-refractivity contribution >= 4 is 11.8 Å². The number of benzene rings is 1. The van der Waals surface area contributed by atoms with Crippen LogP contribution in [0.15, 0.2) is 24.3 Å². The van der Waals surface area contributed by atoms with E-state index in [1.165, 1.54) is 0 Å². The van der Waals surface area contributed by atoms with Gasteiger partial charge in [0.15, 0.2) is 0 Å². The van der Waals surface area contributed by atoms with Crippen molar-refractivity contribution in [2.75, 3.05) is 26.8 Å². The van der Waals surface area contributed by atoms with E-state index in [1.54, 1.807) is 7.11 Å². The summed E-state index contributed by atoms with van der Waals surface area (Å²) in [4.78, 5) is 29.0. The summed E-state index contributed by atoms with van der Waals surface area (Å²) in [5, 5.41) is 9.31. The Morgan fingerprint density at radius 2 is 2.11 bits per heavy atom. The van der Waals surface area contributed by atoms with Crippen LogP contribution in [0.4, 0.5) is 0 Å². The number of hydrogen-bond donors (Lipinski definition) is 1. The van der Waals surface area contributed by atoms with Crippen LogP contribution in [-0.2, 0) is 16.0 Å². The van der Waals surface area contributed by atoms with Crippen molar-refractivity contribution in [1.29, 1.82) is 0 Å². The van der Waals surface area contributed by atoms with E-state index in [2.05, 4.69) is 11.0 Å². The predicted molar refractivity (Wildman–Crippen MR) is 100 cm³/mol. The first-order valence-corrected chi connectivity index (χ1v) is 9.93. The van der Waals surface area contributed by atoms with Gasteiger partial charge in [0.25, 0.3) is 0 Å². The average molecular weight is 372 g/mol. The van der Waals surface area contributed by atoms with E-state index in [4.69, 9.17) is 4.74 Å². The quantitative estimate of drug-likeness (QED) is 0.869. The highest BCUT2D eigenvalue weighted by Gasteiger charge is 2.49. The third-order valence-electron chi connectivity index (χ3n) is 6.56. The molecule has 1 aromatic rings. The van der Waals surface area contributed by atoms with Gasteiger partial charge >= 0.3 is 0 Å². The van der Waals surface area contributed by atoms with Crippen molar-refractivity contribution < 1.29 is 19.4 Å². The number of carbonyl (C=O) groups is 2. The second-order valence-corrected chi connectivity index (χ2v) is 8.10. The molecule has 0 radical (unpaired) electrons. The summed E-state index contributed by atoms with van der Waals surface area (Å²) >= 11 is 0. The molecule has 3 aliphatic rings. The zero-order chi connectivity index (χ0) is 19.0. The van der Waals surface area contributed by atoms with E-state index in [0.29, 0.717) is 25.4 Å². The van der Waals surface area contributed by atoms with Crippen molar-refractivity contribution in [3.05, 3.63) is 29.8 Å². The van der Waals surface area contributed by atoms with Gasteiger partial charge in [-0.3, -0.25) is 9.59 Å². The summed E-state index contributed by atoms with van der Waals surface area (Å²) in [5.74, 6) is 1.47. The van der Waals surface area contributed by atoms with Crippen molar-refractivity contribution in [1.82, 2.24) is 9.80 Å². The number of likely N-dealkylation sites (tertiary alicyclic amines) is 1. The highest BCUT2D eigenvalue weighted by atomic mass is 16.5. The Labute approximate surface area is 160 Å². The van der Waals surface area contributed by atoms with Gasteiger partial charge in [0.2, 0.25) is 11.8 Å². The summed E-state index contributed by atoms with van der Waals surface area (Å²) in [7, 11) is 1.66. The Bertz CT molecular complexity index is 722. The predicted octanol–water partition coefficient (Wildman–Crippen LogP) is 1.46. The van der Waals surface area contributed by atoms with E-state index in [9.17, 15) is 14.7 Å². The Morgan fingerprint density at radius 3 is 2.89 bits per heavy atom. The van der Waals surface area contributed by atoms with Crippen LogP contribution in [0, 0.1) is 11.8 Å². The number of aliphatic hydroxyl groups excluding tert-OH is 1. The van der Waals surface area contributed by atoms with Crippen LogP contribution in [-0.4, -0.2) is 65.6 Å². The van der Waals surface area contributed by atoms with Crippen molar-refractivity contribution in [2.24, 2.45) is 11.8 Å². The molecule has 0 spiro atoms. The normalized spacial score (nSPS) is 30.1. The zero-order valence-electron chi connectivity index (χ0n) is 15.8. The van der Waals surface area contributed by atoms with Crippen LogP contribution in [0.2, 0.25) is 0 Å².